The quantitative estimate of drug-likeness (QED) is 0.837. The van der Waals surface area contributed by atoms with Crippen LogP contribution in [0, 0.1) is 5.92 Å². The number of amides is 1. The fraction of sp³-hybridized carbons (Fsp3) is 0.500. The first-order chi connectivity index (χ1) is 10.9. The molecule has 1 saturated heterocycles. The molecule has 0 spiro atoms. The summed E-state index contributed by atoms with van der Waals surface area (Å²) in [6, 6.07) is 5.11. The van der Waals surface area contributed by atoms with Gasteiger partial charge in [-0.05, 0) is 37.0 Å². The van der Waals surface area contributed by atoms with E-state index in [0.29, 0.717) is 36.2 Å². The Bertz CT molecular complexity index is 817. The van der Waals surface area contributed by atoms with Gasteiger partial charge in [-0.1, -0.05) is 0 Å². The van der Waals surface area contributed by atoms with E-state index in [1.807, 2.05) is 0 Å². The number of aromatic nitrogens is 3. The van der Waals surface area contributed by atoms with Gasteiger partial charge in [-0.25, -0.2) is 12.7 Å². The zero-order valence-electron chi connectivity index (χ0n) is 12.8. The molecule has 9 heteroatoms. The molecule has 1 amide bonds. The molecule has 1 aliphatic rings. The van der Waals surface area contributed by atoms with E-state index in [1.165, 1.54) is 10.6 Å². The Balaban J connectivity index is 1.60. The molecule has 124 valence electrons. The van der Waals surface area contributed by atoms with E-state index in [-0.39, 0.29) is 11.8 Å². The second-order valence-corrected chi connectivity index (χ2v) is 7.85. The summed E-state index contributed by atoms with van der Waals surface area (Å²) in [6.07, 6.45) is 2.95. The number of nitrogens with zero attached hydrogens (tertiary/aromatic N) is 3. The average Bonchev–Trinajstić information content (AvgIpc) is 2.99. The van der Waals surface area contributed by atoms with Gasteiger partial charge in [-0.3, -0.25) is 4.79 Å². The van der Waals surface area contributed by atoms with Crippen molar-refractivity contribution in [1.82, 2.24) is 25.0 Å². The highest BCUT2D eigenvalue weighted by molar-refractivity contribution is 7.88. The number of carbonyl (C=O) groups excluding carboxylic acids is 1. The van der Waals surface area contributed by atoms with Crippen LogP contribution in [-0.4, -0.2) is 59.9 Å². The topological polar surface area (TPSA) is 108 Å². The summed E-state index contributed by atoms with van der Waals surface area (Å²) in [7, 11) is -3.17. The first kappa shape index (κ1) is 15.9. The van der Waals surface area contributed by atoms with Crippen LogP contribution in [-0.2, 0) is 10.0 Å². The van der Waals surface area contributed by atoms with E-state index < -0.39 is 10.0 Å². The van der Waals surface area contributed by atoms with Gasteiger partial charge in [0.25, 0.3) is 5.91 Å². The van der Waals surface area contributed by atoms with Crippen molar-refractivity contribution in [3.63, 3.8) is 0 Å². The van der Waals surface area contributed by atoms with E-state index in [4.69, 9.17) is 0 Å². The van der Waals surface area contributed by atoms with Crippen molar-refractivity contribution in [2.45, 2.75) is 12.8 Å². The zero-order chi connectivity index (χ0) is 16.4. The molecule has 0 bridgehead atoms. The molecular formula is C14H19N5O3S. The Hall–Kier alpha value is -2.00. The summed E-state index contributed by atoms with van der Waals surface area (Å²) in [5.74, 6) is -0.0513. The van der Waals surface area contributed by atoms with Crippen molar-refractivity contribution < 1.29 is 13.2 Å². The van der Waals surface area contributed by atoms with Crippen LogP contribution in [0.3, 0.4) is 0 Å². The van der Waals surface area contributed by atoms with Crippen molar-refractivity contribution in [2.24, 2.45) is 5.92 Å². The maximum Gasteiger partial charge on any atom is 0.251 e. The summed E-state index contributed by atoms with van der Waals surface area (Å²) >= 11 is 0. The smallest absolute Gasteiger partial charge is 0.251 e. The first-order valence-corrected chi connectivity index (χ1v) is 9.32. The monoisotopic (exact) mass is 337 g/mol. The maximum absolute atomic E-state index is 12.2. The van der Waals surface area contributed by atoms with Crippen LogP contribution in [0.5, 0.6) is 0 Å². The fourth-order valence-electron chi connectivity index (χ4n) is 2.82. The van der Waals surface area contributed by atoms with Gasteiger partial charge in [0.1, 0.15) is 11.0 Å². The lowest BCUT2D eigenvalue weighted by Gasteiger charge is -2.30. The molecular weight excluding hydrogens is 318 g/mol. The van der Waals surface area contributed by atoms with Crippen LogP contribution >= 0.6 is 0 Å². The lowest BCUT2D eigenvalue weighted by Crippen LogP contribution is -2.43. The normalized spacial score (nSPS) is 19.8. The standard InChI is InChI=1S/C14H19N5O3S/c1-23(21,22)19-6-2-3-10(9-19)8-15-14(20)11-4-5-12-13(7-11)17-18-16-12/h4-5,7,10H,2-3,6,8-9H2,1H3,(H,15,20)(H,16,17,18)/t10-/m0/s1. The lowest BCUT2D eigenvalue weighted by atomic mass is 9.99. The van der Waals surface area contributed by atoms with Crippen molar-refractivity contribution >= 4 is 27.0 Å². The highest BCUT2D eigenvalue weighted by Crippen LogP contribution is 2.18. The van der Waals surface area contributed by atoms with Gasteiger partial charge < -0.3 is 5.32 Å². The number of sulfonamides is 1. The summed E-state index contributed by atoms with van der Waals surface area (Å²) < 4.78 is 24.7. The maximum atomic E-state index is 12.2. The average molecular weight is 337 g/mol. The summed E-state index contributed by atoms with van der Waals surface area (Å²) in [4.78, 5) is 12.2. The number of rotatable bonds is 4. The summed E-state index contributed by atoms with van der Waals surface area (Å²) in [5.41, 5.74) is 1.86. The minimum absolute atomic E-state index is 0.137. The minimum atomic E-state index is -3.17. The molecule has 2 N–H and O–H groups in total. The Labute approximate surface area is 134 Å². The van der Waals surface area contributed by atoms with Gasteiger partial charge in [0.2, 0.25) is 10.0 Å². The van der Waals surface area contributed by atoms with E-state index in [2.05, 4.69) is 20.7 Å². The molecule has 1 aromatic carbocycles. The highest BCUT2D eigenvalue weighted by atomic mass is 32.2. The highest BCUT2D eigenvalue weighted by Gasteiger charge is 2.26. The molecule has 8 nitrogen and oxygen atoms in total. The predicted molar refractivity (Wildman–Crippen MR) is 85.4 cm³/mol. The van der Waals surface area contributed by atoms with Gasteiger partial charge in [0.15, 0.2) is 0 Å². The summed E-state index contributed by atoms with van der Waals surface area (Å²) in [6.45, 7) is 1.48. The summed E-state index contributed by atoms with van der Waals surface area (Å²) in [5, 5.41) is 13.3. The van der Waals surface area contributed by atoms with E-state index >= 15 is 0 Å². The van der Waals surface area contributed by atoms with Crippen LogP contribution in [0.1, 0.15) is 23.2 Å². The van der Waals surface area contributed by atoms with E-state index in [9.17, 15) is 13.2 Å². The van der Waals surface area contributed by atoms with Crippen molar-refractivity contribution in [3.05, 3.63) is 23.8 Å². The third-order valence-electron chi connectivity index (χ3n) is 4.08. The Kier molecular flexibility index (Phi) is 4.31. The molecule has 0 aliphatic carbocycles. The van der Waals surface area contributed by atoms with Crippen LogP contribution in [0.15, 0.2) is 18.2 Å². The SMILES string of the molecule is CS(=O)(=O)N1CCC[C@@H](CNC(=O)c2ccc3n[nH]nc3c2)C1. The molecule has 2 heterocycles. The van der Waals surface area contributed by atoms with Crippen molar-refractivity contribution in [1.29, 1.82) is 0 Å². The Morgan fingerprint density at radius 3 is 2.96 bits per heavy atom. The molecule has 1 atom stereocenters. The van der Waals surface area contributed by atoms with E-state index in [0.717, 1.165) is 12.8 Å². The van der Waals surface area contributed by atoms with Crippen molar-refractivity contribution in [3.8, 4) is 0 Å². The van der Waals surface area contributed by atoms with Gasteiger partial charge in [-0.2, -0.15) is 15.4 Å². The molecule has 1 fully saturated rings. The largest absolute Gasteiger partial charge is 0.352 e. The van der Waals surface area contributed by atoms with Crippen LogP contribution in [0.4, 0.5) is 0 Å². The third-order valence-corrected chi connectivity index (χ3v) is 5.35. The number of nitrogens with one attached hydrogen (secondary N) is 2. The van der Waals surface area contributed by atoms with Crippen molar-refractivity contribution in [2.75, 3.05) is 25.9 Å². The predicted octanol–water partition coefficient (Wildman–Crippen LogP) is 0.359. The number of carbonyl (C=O) groups is 1. The number of hydrogen-bond acceptors (Lipinski definition) is 5. The fourth-order valence-corrected chi connectivity index (χ4v) is 3.76. The number of piperidine rings is 1. The second kappa shape index (κ2) is 6.25. The van der Waals surface area contributed by atoms with Crippen LogP contribution in [0.2, 0.25) is 0 Å². The van der Waals surface area contributed by atoms with Gasteiger partial charge in [-0.15, -0.1) is 0 Å². The third kappa shape index (κ3) is 3.67. The molecule has 0 unspecified atom stereocenters. The second-order valence-electron chi connectivity index (χ2n) is 5.87. The molecule has 0 saturated carbocycles. The molecule has 1 aromatic heterocycles. The first-order valence-electron chi connectivity index (χ1n) is 7.47. The molecule has 3 rings (SSSR count). The van der Waals surface area contributed by atoms with Crippen LogP contribution < -0.4 is 5.32 Å². The number of hydrogen-bond donors (Lipinski definition) is 2. The van der Waals surface area contributed by atoms with Crippen LogP contribution in [0.25, 0.3) is 11.0 Å². The van der Waals surface area contributed by atoms with E-state index in [1.54, 1.807) is 18.2 Å². The molecule has 0 radical (unpaired) electrons. The number of aromatic amines is 1. The molecule has 23 heavy (non-hydrogen) atoms. The van der Waals surface area contributed by atoms with Gasteiger partial charge >= 0.3 is 0 Å². The lowest BCUT2D eigenvalue weighted by molar-refractivity contribution is 0.0941. The minimum Gasteiger partial charge on any atom is -0.352 e. The zero-order valence-corrected chi connectivity index (χ0v) is 13.6. The Morgan fingerprint density at radius 1 is 1.39 bits per heavy atom. The molecule has 2 aromatic rings. The number of fused-ring (bicyclic) bond motifs is 1. The number of benzene rings is 1. The van der Waals surface area contributed by atoms with Gasteiger partial charge in [0, 0.05) is 25.2 Å². The van der Waals surface area contributed by atoms with Gasteiger partial charge in [0.05, 0.1) is 6.26 Å². The number of H-pyrrole nitrogens is 1. The molecule has 1 aliphatic heterocycles. The Morgan fingerprint density at radius 2 is 2.17 bits per heavy atom.